The molecule has 52 heavy (non-hydrogen) atoms. The van der Waals surface area contributed by atoms with Crippen LogP contribution in [0, 0.1) is 0 Å². The molecular formula is C46H82O6. The van der Waals surface area contributed by atoms with Crippen LogP contribution < -0.4 is 0 Å². The minimum atomic E-state index is -0.795. The summed E-state index contributed by atoms with van der Waals surface area (Å²) in [5, 5.41) is 0. The summed E-state index contributed by atoms with van der Waals surface area (Å²) in [4.78, 5) is 37.5. The molecule has 1 atom stereocenters. The number of ether oxygens (including phenoxy) is 3. The van der Waals surface area contributed by atoms with Crippen LogP contribution in [-0.4, -0.2) is 37.2 Å². The highest BCUT2D eigenvalue weighted by Gasteiger charge is 2.19. The van der Waals surface area contributed by atoms with Crippen LogP contribution in [0.2, 0.25) is 0 Å². The minimum absolute atomic E-state index is 0.0958. The van der Waals surface area contributed by atoms with E-state index >= 15 is 0 Å². The number of unbranched alkanes of at least 4 members (excludes halogenated alkanes) is 22. The van der Waals surface area contributed by atoms with E-state index in [0.717, 1.165) is 51.4 Å². The molecule has 0 saturated heterocycles. The smallest absolute Gasteiger partial charge is 0.306 e. The second-order valence-electron chi connectivity index (χ2n) is 14.6. The second-order valence-corrected chi connectivity index (χ2v) is 14.6. The Kier molecular flexibility index (Phi) is 39.5. The Hall–Kier alpha value is -2.37. The first-order valence-electron chi connectivity index (χ1n) is 22.0. The Morgan fingerprint density at radius 1 is 0.365 bits per heavy atom. The van der Waals surface area contributed by atoms with Gasteiger partial charge >= 0.3 is 17.9 Å². The van der Waals surface area contributed by atoms with Crippen molar-refractivity contribution >= 4 is 17.9 Å². The highest BCUT2D eigenvalue weighted by atomic mass is 16.6. The van der Waals surface area contributed by atoms with Gasteiger partial charge in [-0.15, -0.1) is 0 Å². The van der Waals surface area contributed by atoms with Crippen LogP contribution in [-0.2, 0) is 28.6 Å². The zero-order chi connectivity index (χ0) is 38.0. The van der Waals surface area contributed by atoms with E-state index in [1.807, 2.05) is 0 Å². The van der Waals surface area contributed by atoms with E-state index in [2.05, 4.69) is 57.2 Å². The molecule has 0 saturated carbocycles. The van der Waals surface area contributed by atoms with Gasteiger partial charge in [0.25, 0.3) is 0 Å². The first-order valence-corrected chi connectivity index (χ1v) is 22.0. The molecule has 0 aliphatic rings. The Labute approximate surface area is 321 Å². The summed E-state index contributed by atoms with van der Waals surface area (Å²) in [6.45, 7) is 6.49. The molecule has 0 aromatic carbocycles. The molecule has 0 heterocycles. The number of carbonyl (C=O) groups excluding carboxylic acids is 3. The zero-order valence-corrected chi connectivity index (χ0v) is 34.3. The number of carbonyl (C=O) groups is 3. The van der Waals surface area contributed by atoms with E-state index in [1.165, 1.54) is 116 Å². The van der Waals surface area contributed by atoms with Gasteiger partial charge in [-0.3, -0.25) is 14.4 Å². The summed E-state index contributed by atoms with van der Waals surface area (Å²) in [6.07, 6.45) is 45.8. The fourth-order valence-electron chi connectivity index (χ4n) is 5.97. The summed E-state index contributed by atoms with van der Waals surface area (Å²) in [7, 11) is 0. The molecule has 0 rings (SSSR count). The lowest BCUT2D eigenvalue weighted by molar-refractivity contribution is -0.167. The average Bonchev–Trinajstić information content (AvgIpc) is 3.14. The molecule has 0 bridgehead atoms. The Bertz CT molecular complexity index is 891. The Balaban J connectivity index is 4.35. The van der Waals surface area contributed by atoms with Crippen LogP contribution in [0.5, 0.6) is 0 Å². The van der Waals surface area contributed by atoms with Crippen LogP contribution in [0.25, 0.3) is 0 Å². The highest BCUT2D eigenvalue weighted by Crippen LogP contribution is 2.12. The van der Waals surface area contributed by atoms with Crippen LogP contribution >= 0.6 is 0 Å². The standard InChI is InChI=1S/C46H82O6/c1-4-7-10-13-16-19-20-21-22-23-24-25-28-30-33-36-39-45(48)51-42-43(52-46(49)40-37-34-31-27-18-15-12-9-6-3)41-50-44(47)38-35-32-29-26-17-14-11-8-5-2/h22-23,26-27,29,31,43H,4-21,24-25,28,30,32-42H2,1-3H3/b23-22-,29-26-,31-27-. The van der Waals surface area contributed by atoms with Crippen molar-refractivity contribution in [2.75, 3.05) is 13.2 Å². The molecule has 0 aliphatic carbocycles. The molecule has 0 aromatic heterocycles. The van der Waals surface area contributed by atoms with Crippen molar-refractivity contribution in [2.24, 2.45) is 0 Å². The van der Waals surface area contributed by atoms with E-state index in [-0.39, 0.29) is 37.5 Å². The van der Waals surface area contributed by atoms with Crippen LogP contribution in [0.4, 0.5) is 0 Å². The molecule has 6 nitrogen and oxygen atoms in total. The summed E-state index contributed by atoms with van der Waals surface area (Å²) in [5.41, 5.74) is 0. The molecule has 0 fully saturated rings. The van der Waals surface area contributed by atoms with Gasteiger partial charge < -0.3 is 14.2 Å². The summed E-state index contributed by atoms with van der Waals surface area (Å²) in [5.74, 6) is -0.979. The van der Waals surface area contributed by atoms with Crippen molar-refractivity contribution in [1.82, 2.24) is 0 Å². The SMILES string of the molecule is CCCCCC/C=C\CCCC(=O)OCC(COC(=O)CCCCCCC/C=C\CCCCCCCCC)OC(=O)CCC/C=C\CCCCCC. The lowest BCUT2D eigenvalue weighted by Crippen LogP contribution is -2.30. The maximum atomic E-state index is 12.6. The second kappa shape index (κ2) is 41.4. The van der Waals surface area contributed by atoms with E-state index in [0.29, 0.717) is 25.7 Å². The van der Waals surface area contributed by atoms with Crippen molar-refractivity contribution in [3.8, 4) is 0 Å². The first kappa shape index (κ1) is 49.6. The normalized spacial score (nSPS) is 12.3. The van der Waals surface area contributed by atoms with Gasteiger partial charge in [0.05, 0.1) is 0 Å². The van der Waals surface area contributed by atoms with Gasteiger partial charge in [0, 0.05) is 19.3 Å². The first-order chi connectivity index (χ1) is 25.5. The van der Waals surface area contributed by atoms with Crippen LogP contribution in [0.1, 0.15) is 220 Å². The predicted molar refractivity (Wildman–Crippen MR) is 219 cm³/mol. The van der Waals surface area contributed by atoms with Crippen LogP contribution in [0.3, 0.4) is 0 Å². The van der Waals surface area contributed by atoms with E-state index in [9.17, 15) is 14.4 Å². The van der Waals surface area contributed by atoms with E-state index in [1.54, 1.807) is 0 Å². The van der Waals surface area contributed by atoms with Gasteiger partial charge in [0.1, 0.15) is 13.2 Å². The van der Waals surface area contributed by atoms with Gasteiger partial charge in [-0.1, -0.05) is 154 Å². The van der Waals surface area contributed by atoms with Gasteiger partial charge in [-0.2, -0.15) is 0 Å². The number of esters is 3. The molecule has 0 aliphatic heterocycles. The Morgan fingerprint density at radius 3 is 1.06 bits per heavy atom. The molecule has 0 spiro atoms. The minimum Gasteiger partial charge on any atom is -0.462 e. The predicted octanol–water partition coefficient (Wildman–Crippen LogP) is 13.8. The molecule has 302 valence electrons. The number of rotatable bonds is 39. The molecule has 1 unspecified atom stereocenters. The fraction of sp³-hybridized carbons (Fsp3) is 0.804. The maximum Gasteiger partial charge on any atom is 0.306 e. The largest absolute Gasteiger partial charge is 0.462 e. The number of hydrogen-bond donors (Lipinski definition) is 0. The summed E-state index contributed by atoms with van der Waals surface area (Å²) in [6, 6.07) is 0. The van der Waals surface area contributed by atoms with Crippen LogP contribution in [0.15, 0.2) is 36.5 Å². The van der Waals surface area contributed by atoms with Crippen molar-refractivity contribution in [3.05, 3.63) is 36.5 Å². The molecular weight excluding hydrogens is 649 g/mol. The topological polar surface area (TPSA) is 78.9 Å². The van der Waals surface area contributed by atoms with Gasteiger partial charge in [-0.05, 0) is 83.5 Å². The average molecular weight is 731 g/mol. The lowest BCUT2D eigenvalue weighted by atomic mass is 10.1. The fourth-order valence-corrected chi connectivity index (χ4v) is 5.97. The number of hydrogen-bond acceptors (Lipinski definition) is 6. The van der Waals surface area contributed by atoms with Gasteiger partial charge in [-0.25, -0.2) is 0 Å². The third kappa shape index (κ3) is 38.9. The van der Waals surface area contributed by atoms with Crippen molar-refractivity contribution in [1.29, 1.82) is 0 Å². The monoisotopic (exact) mass is 731 g/mol. The van der Waals surface area contributed by atoms with Crippen molar-refractivity contribution in [2.45, 2.75) is 226 Å². The third-order valence-electron chi connectivity index (χ3n) is 9.34. The molecule has 0 amide bonds. The molecule has 0 radical (unpaired) electrons. The lowest BCUT2D eigenvalue weighted by Gasteiger charge is -2.18. The highest BCUT2D eigenvalue weighted by molar-refractivity contribution is 5.71. The van der Waals surface area contributed by atoms with E-state index < -0.39 is 6.10 Å². The Morgan fingerprint density at radius 2 is 0.654 bits per heavy atom. The summed E-state index contributed by atoms with van der Waals surface area (Å²) >= 11 is 0. The summed E-state index contributed by atoms with van der Waals surface area (Å²) < 4.78 is 16.6. The molecule has 0 aromatic rings. The molecule has 0 N–H and O–H groups in total. The van der Waals surface area contributed by atoms with Crippen molar-refractivity contribution < 1.29 is 28.6 Å². The van der Waals surface area contributed by atoms with E-state index in [4.69, 9.17) is 14.2 Å². The third-order valence-corrected chi connectivity index (χ3v) is 9.34. The quantitative estimate of drug-likeness (QED) is 0.0271. The van der Waals surface area contributed by atoms with Gasteiger partial charge in [0.2, 0.25) is 0 Å². The zero-order valence-electron chi connectivity index (χ0n) is 34.3. The molecule has 6 heteroatoms. The maximum absolute atomic E-state index is 12.6. The van der Waals surface area contributed by atoms with Crippen molar-refractivity contribution in [3.63, 3.8) is 0 Å². The number of allylic oxidation sites excluding steroid dienone is 6. The van der Waals surface area contributed by atoms with Gasteiger partial charge in [0.15, 0.2) is 6.10 Å².